The fourth-order valence-corrected chi connectivity index (χ4v) is 1.65. The van der Waals surface area contributed by atoms with Crippen molar-refractivity contribution in [2.75, 3.05) is 13.2 Å². The van der Waals surface area contributed by atoms with Gasteiger partial charge in [-0.1, -0.05) is 18.5 Å². The molecule has 1 aromatic carbocycles. The Bertz CT molecular complexity index is 496. The van der Waals surface area contributed by atoms with Crippen LogP contribution in [0.5, 0.6) is 5.75 Å². The highest BCUT2D eigenvalue weighted by molar-refractivity contribution is 6.30. The number of rotatable bonds is 8. The van der Waals surface area contributed by atoms with Crippen molar-refractivity contribution in [1.82, 2.24) is 5.32 Å². The molecule has 1 rings (SSSR count). The van der Waals surface area contributed by atoms with Crippen molar-refractivity contribution in [3.63, 3.8) is 0 Å². The van der Waals surface area contributed by atoms with E-state index in [1.54, 1.807) is 0 Å². The Kier molecular flexibility index (Phi) is 6.20. The van der Waals surface area contributed by atoms with Crippen molar-refractivity contribution in [3.05, 3.63) is 33.3 Å². The van der Waals surface area contributed by atoms with Crippen molar-refractivity contribution in [3.8, 4) is 5.75 Å². The molecule has 0 saturated carbocycles. The number of amides is 1. The Balaban J connectivity index is 2.79. The summed E-state index contributed by atoms with van der Waals surface area (Å²) in [5.41, 5.74) is 5.01. The first-order chi connectivity index (χ1) is 9.45. The second kappa shape index (κ2) is 7.66. The third-order valence-corrected chi connectivity index (χ3v) is 2.74. The van der Waals surface area contributed by atoms with Crippen molar-refractivity contribution in [1.29, 1.82) is 0 Å². The van der Waals surface area contributed by atoms with Gasteiger partial charge in [0.15, 0.2) is 5.75 Å². The fraction of sp³-hybridized carbons (Fsp3) is 0.417. The van der Waals surface area contributed by atoms with Gasteiger partial charge in [-0.15, -0.1) is 0 Å². The van der Waals surface area contributed by atoms with E-state index in [-0.39, 0.29) is 18.0 Å². The number of primary amides is 1. The van der Waals surface area contributed by atoms with Crippen molar-refractivity contribution in [2.24, 2.45) is 5.73 Å². The van der Waals surface area contributed by atoms with Gasteiger partial charge >= 0.3 is 5.69 Å². The summed E-state index contributed by atoms with van der Waals surface area (Å²) in [6.07, 6.45) is 0.821. The van der Waals surface area contributed by atoms with Crippen LogP contribution >= 0.6 is 11.6 Å². The van der Waals surface area contributed by atoms with Gasteiger partial charge in [0.05, 0.1) is 4.92 Å². The van der Waals surface area contributed by atoms with Crippen LogP contribution in [-0.2, 0) is 4.79 Å². The summed E-state index contributed by atoms with van der Waals surface area (Å²) < 4.78 is 5.31. The molecule has 20 heavy (non-hydrogen) atoms. The number of nitro benzene ring substituents is 1. The molecule has 1 unspecified atom stereocenters. The average Bonchev–Trinajstić information content (AvgIpc) is 2.38. The molecule has 0 radical (unpaired) electrons. The van der Waals surface area contributed by atoms with Crippen molar-refractivity contribution < 1.29 is 14.5 Å². The highest BCUT2D eigenvalue weighted by Gasteiger charge is 2.19. The standard InChI is InChI=1S/C12H16ClN3O4/c1-2-5-15-9(12(14)17)7-20-11-6-8(13)3-4-10(11)16(18)19/h3-4,6,9,15H,2,5,7H2,1H3,(H2,14,17). The van der Waals surface area contributed by atoms with E-state index in [1.165, 1.54) is 18.2 Å². The summed E-state index contributed by atoms with van der Waals surface area (Å²) in [6.45, 7) is 2.43. The molecule has 0 aliphatic carbocycles. The number of ether oxygens (including phenoxy) is 1. The molecular formula is C12H16ClN3O4. The van der Waals surface area contributed by atoms with Gasteiger partial charge in [0, 0.05) is 17.2 Å². The van der Waals surface area contributed by atoms with Crippen molar-refractivity contribution in [2.45, 2.75) is 19.4 Å². The minimum atomic E-state index is -0.714. The van der Waals surface area contributed by atoms with Gasteiger partial charge in [0.25, 0.3) is 0 Å². The quantitative estimate of drug-likeness (QED) is 0.558. The predicted molar refractivity (Wildman–Crippen MR) is 74.9 cm³/mol. The highest BCUT2D eigenvalue weighted by Crippen LogP contribution is 2.29. The smallest absolute Gasteiger partial charge is 0.311 e. The molecule has 7 nitrogen and oxygen atoms in total. The van der Waals surface area contributed by atoms with Crippen LogP contribution in [0.4, 0.5) is 5.69 Å². The van der Waals surface area contributed by atoms with Crippen LogP contribution in [0, 0.1) is 10.1 Å². The number of halogens is 1. The van der Waals surface area contributed by atoms with Crippen LogP contribution in [0.3, 0.4) is 0 Å². The summed E-state index contributed by atoms with van der Waals surface area (Å²) in [4.78, 5) is 21.5. The number of nitrogens with zero attached hydrogens (tertiary/aromatic N) is 1. The second-order valence-corrected chi connectivity index (χ2v) is 4.53. The van der Waals surface area contributed by atoms with Gasteiger partial charge in [0.1, 0.15) is 12.6 Å². The number of nitrogens with two attached hydrogens (primary N) is 1. The van der Waals surface area contributed by atoms with E-state index in [1.807, 2.05) is 6.92 Å². The van der Waals surface area contributed by atoms with Crippen LogP contribution in [0.1, 0.15) is 13.3 Å². The fourth-order valence-electron chi connectivity index (χ4n) is 1.49. The van der Waals surface area contributed by atoms with Gasteiger partial charge in [-0.2, -0.15) is 0 Å². The first-order valence-electron chi connectivity index (χ1n) is 6.05. The summed E-state index contributed by atoms with van der Waals surface area (Å²) in [6, 6.07) is 3.26. The van der Waals surface area contributed by atoms with Crippen LogP contribution in [0.2, 0.25) is 5.02 Å². The van der Waals surface area contributed by atoms with E-state index < -0.39 is 16.9 Å². The summed E-state index contributed by atoms with van der Waals surface area (Å²) >= 11 is 5.77. The molecule has 1 atom stereocenters. The van der Waals surface area contributed by atoms with Crippen LogP contribution in [0.25, 0.3) is 0 Å². The number of nitrogens with one attached hydrogen (secondary N) is 1. The number of hydrogen-bond donors (Lipinski definition) is 2. The first-order valence-corrected chi connectivity index (χ1v) is 6.43. The molecule has 110 valence electrons. The number of nitro groups is 1. The second-order valence-electron chi connectivity index (χ2n) is 4.09. The van der Waals surface area contributed by atoms with Crippen LogP contribution < -0.4 is 15.8 Å². The van der Waals surface area contributed by atoms with Gasteiger partial charge in [-0.25, -0.2) is 0 Å². The largest absolute Gasteiger partial charge is 0.485 e. The molecule has 0 fully saturated rings. The van der Waals surface area contributed by atoms with E-state index in [4.69, 9.17) is 22.1 Å². The average molecular weight is 302 g/mol. The maximum atomic E-state index is 11.2. The Hall–Kier alpha value is -1.86. The molecule has 0 aromatic heterocycles. The van der Waals surface area contributed by atoms with Gasteiger partial charge in [-0.05, 0) is 19.0 Å². The molecule has 1 aromatic rings. The summed E-state index contributed by atoms with van der Waals surface area (Å²) in [7, 11) is 0. The van der Waals surface area contributed by atoms with E-state index in [2.05, 4.69) is 5.32 Å². The SMILES string of the molecule is CCCNC(COc1cc(Cl)ccc1[N+](=O)[O-])C(N)=O. The Morgan fingerprint density at radius 1 is 1.60 bits per heavy atom. The number of carbonyl (C=O) groups excluding carboxylic acids is 1. The molecule has 3 N–H and O–H groups in total. The first kappa shape index (κ1) is 16.2. The summed E-state index contributed by atoms with van der Waals surface area (Å²) in [5.74, 6) is -0.574. The Morgan fingerprint density at radius 3 is 2.85 bits per heavy atom. The number of hydrogen-bond acceptors (Lipinski definition) is 5. The van der Waals surface area contributed by atoms with Gasteiger partial charge in [0.2, 0.25) is 5.91 Å². The Labute approximate surface area is 121 Å². The van der Waals surface area contributed by atoms with Crippen LogP contribution in [0.15, 0.2) is 18.2 Å². The zero-order valence-corrected chi connectivity index (χ0v) is 11.7. The van der Waals surface area contributed by atoms with Gasteiger partial charge in [-0.3, -0.25) is 14.9 Å². The monoisotopic (exact) mass is 301 g/mol. The minimum absolute atomic E-state index is 0.00653. The molecule has 0 aliphatic heterocycles. The highest BCUT2D eigenvalue weighted by atomic mass is 35.5. The zero-order chi connectivity index (χ0) is 15.1. The maximum absolute atomic E-state index is 11.2. The van der Waals surface area contributed by atoms with Gasteiger partial charge < -0.3 is 15.8 Å². The number of benzene rings is 1. The lowest BCUT2D eigenvalue weighted by Crippen LogP contribution is -2.45. The maximum Gasteiger partial charge on any atom is 0.311 e. The van der Waals surface area contributed by atoms with Crippen LogP contribution in [-0.4, -0.2) is 30.0 Å². The third kappa shape index (κ3) is 4.67. The molecule has 0 saturated heterocycles. The lowest BCUT2D eigenvalue weighted by molar-refractivity contribution is -0.385. The normalized spacial score (nSPS) is 11.9. The third-order valence-electron chi connectivity index (χ3n) is 2.51. The Morgan fingerprint density at radius 2 is 2.30 bits per heavy atom. The van der Waals surface area contributed by atoms with E-state index in [9.17, 15) is 14.9 Å². The lowest BCUT2D eigenvalue weighted by atomic mass is 10.2. The molecule has 0 spiro atoms. The number of carbonyl (C=O) groups is 1. The van der Waals surface area contributed by atoms with E-state index in [0.29, 0.717) is 11.6 Å². The molecule has 0 aliphatic rings. The van der Waals surface area contributed by atoms with Crippen molar-refractivity contribution >= 4 is 23.2 Å². The molecule has 8 heteroatoms. The summed E-state index contributed by atoms with van der Waals surface area (Å²) in [5, 5.41) is 14.1. The van der Waals surface area contributed by atoms with E-state index in [0.717, 1.165) is 6.42 Å². The topological polar surface area (TPSA) is 107 Å². The molecular weight excluding hydrogens is 286 g/mol. The lowest BCUT2D eigenvalue weighted by Gasteiger charge is -2.15. The predicted octanol–water partition coefficient (Wildman–Crippen LogP) is 1.48. The molecule has 0 bridgehead atoms. The molecule has 1 amide bonds. The zero-order valence-electron chi connectivity index (χ0n) is 11.0. The minimum Gasteiger partial charge on any atom is -0.485 e. The molecule has 0 heterocycles. The van der Waals surface area contributed by atoms with E-state index >= 15 is 0 Å².